The van der Waals surface area contributed by atoms with Gasteiger partial charge in [-0.15, -0.1) is 0 Å². The Balaban J connectivity index is 1.38. The number of rotatable bonds is 5. The van der Waals surface area contributed by atoms with Gasteiger partial charge in [0.05, 0.1) is 11.7 Å². The van der Waals surface area contributed by atoms with Crippen LogP contribution < -0.4 is 5.32 Å². The van der Waals surface area contributed by atoms with Crippen LogP contribution in [0.5, 0.6) is 0 Å². The van der Waals surface area contributed by atoms with Gasteiger partial charge in [0.15, 0.2) is 5.76 Å². The Morgan fingerprint density at radius 2 is 2.14 bits per heavy atom. The van der Waals surface area contributed by atoms with Gasteiger partial charge in [-0.3, -0.25) is 9.59 Å². The molecule has 4 heterocycles. The van der Waals surface area contributed by atoms with E-state index in [0.29, 0.717) is 31.0 Å². The predicted octanol–water partition coefficient (Wildman–Crippen LogP) is 2.16. The topological polar surface area (TPSA) is 93.5 Å². The molecule has 3 aromatic heterocycles. The van der Waals surface area contributed by atoms with Crippen molar-refractivity contribution in [1.82, 2.24) is 19.9 Å². The fourth-order valence-electron chi connectivity index (χ4n) is 3.49. The van der Waals surface area contributed by atoms with E-state index in [2.05, 4.69) is 10.5 Å². The first kappa shape index (κ1) is 18.1. The third kappa shape index (κ3) is 3.21. The van der Waals surface area contributed by atoms with Crippen LogP contribution in [0.25, 0.3) is 0 Å². The van der Waals surface area contributed by atoms with Gasteiger partial charge in [-0.25, -0.2) is 0 Å². The molecule has 8 heteroatoms. The zero-order valence-electron chi connectivity index (χ0n) is 16.1. The Morgan fingerprint density at radius 1 is 1.32 bits per heavy atom. The van der Waals surface area contributed by atoms with Crippen molar-refractivity contribution in [2.24, 2.45) is 0 Å². The second kappa shape index (κ2) is 7.03. The van der Waals surface area contributed by atoms with Crippen LogP contribution in [0, 0.1) is 13.8 Å². The molecule has 0 bridgehead atoms. The Morgan fingerprint density at radius 3 is 2.89 bits per heavy atom. The van der Waals surface area contributed by atoms with Gasteiger partial charge in [0, 0.05) is 38.3 Å². The number of nitrogens with one attached hydrogen (secondary N) is 1. The molecule has 2 amide bonds. The molecule has 1 atom stereocenters. The van der Waals surface area contributed by atoms with E-state index < -0.39 is 0 Å². The summed E-state index contributed by atoms with van der Waals surface area (Å²) in [6, 6.07) is 6.97. The average molecular weight is 382 g/mol. The lowest BCUT2D eigenvalue weighted by atomic mass is 10.1. The zero-order chi connectivity index (χ0) is 19.8. The molecule has 4 rings (SSSR count). The van der Waals surface area contributed by atoms with Crippen LogP contribution in [-0.4, -0.2) is 46.1 Å². The van der Waals surface area contributed by atoms with Crippen molar-refractivity contribution in [3.05, 3.63) is 64.7 Å². The molecule has 0 saturated heterocycles. The standard InChI is InChI=1S/C20H22N4O4/c1-12-16(13(2)28-22-12)9-15-6-7-18(27-15)19(25)21-10-14-11-24-8-4-5-17(24)20(26)23(14)3/h4-8,14H,9-11H2,1-3H3,(H,21,25). The van der Waals surface area contributed by atoms with E-state index >= 15 is 0 Å². The molecule has 1 aliphatic rings. The molecule has 1 unspecified atom stereocenters. The van der Waals surface area contributed by atoms with Gasteiger partial charge in [-0.2, -0.15) is 0 Å². The second-order valence-electron chi connectivity index (χ2n) is 7.07. The molecule has 0 aliphatic carbocycles. The van der Waals surface area contributed by atoms with Crippen LogP contribution in [0.4, 0.5) is 0 Å². The molecular weight excluding hydrogens is 360 g/mol. The third-order valence-corrected chi connectivity index (χ3v) is 5.24. The quantitative estimate of drug-likeness (QED) is 0.730. The van der Waals surface area contributed by atoms with Crippen molar-refractivity contribution < 1.29 is 18.5 Å². The number of amides is 2. The lowest BCUT2D eigenvalue weighted by Crippen LogP contribution is -2.50. The van der Waals surface area contributed by atoms with Crippen LogP contribution in [0.1, 0.15) is 43.8 Å². The second-order valence-corrected chi connectivity index (χ2v) is 7.07. The van der Waals surface area contributed by atoms with Crippen molar-refractivity contribution in [3.63, 3.8) is 0 Å². The highest BCUT2D eigenvalue weighted by molar-refractivity contribution is 5.94. The Kier molecular flexibility index (Phi) is 4.54. The molecule has 0 aromatic carbocycles. The lowest BCUT2D eigenvalue weighted by Gasteiger charge is -2.33. The zero-order valence-corrected chi connectivity index (χ0v) is 16.1. The summed E-state index contributed by atoms with van der Waals surface area (Å²) in [4.78, 5) is 26.5. The fourth-order valence-corrected chi connectivity index (χ4v) is 3.49. The number of carbonyl (C=O) groups is 2. The van der Waals surface area contributed by atoms with Crippen LogP contribution in [0.2, 0.25) is 0 Å². The molecule has 3 aromatic rings. The first-order chi connectivity index (χ1) is 13.4. The summed E-state index contributed by atoms with van der Waals surface area (Å²) in [6.45, 7) is 4.71. The highest BCUT2D eigenvalue weighted by atomic mass is 16.5. The summed E-state index contributed by atoms with van der Waals surface area (Å²) in [5.74, 6) is 1.31. The van der Waals surface area contributed by atoms with Crippen molar-refractivity contribution in [2.75, 3.05) is 13.6 Å². The molecule has 1 aliphatic heterocycles. The SMILES string of the molecule is Cc1noc(C)c1Cc1ccc(C(=O)NCC2Cn3cccc3C(=O)N2C)o1. The lowest BCUT2D eigenvalue weighted by molar-refractivity contribution is 0.0643. The van der Waals surface area contributed by atoms with Crippen LogP contribution in [0.15, 0.2) is 39.4 Å². The van der Waals surface area contributed by atoms with E-state index in [0.717, 1.165) is 17.0 Å². The summed E-state index contributed by atoms with van der Waals surface area (Å²) in [6.07, 6.45) is 2.40. The Hall–Kier alpha value is -3.29. The largest absolute Gasteiger partial charge is 0.456 e. The van der Waals surface area contributed by atoms with E-state index in [4.69, 9.17) is 8.94 Å². The van der Waals surface area contributed by atoms with Gasteiger partial charge >= 0.3 is 0 Å². The molecule has 1 N–H and O–H groups in total. The molecule has 8 nitrogen and oxygen atoms in total. The molecule has 0 fully saturated rings. The summed E-state index contributed by atoms with van der Waals surface area (Å²) < 4.78 is 12.8. The normalized spacial score (nSPS) is 16.3. The molecule has 146 valence electrons. The summed E-state index contributed by atoms with van der Waals surface area (Å²) >= 11 is 0. The number of aromatic nitrogens is 2. The first-order valence-corrected chi connectivity index (χ1v) is 9.15. The predicted molar refractivity (Wildman–Crippen MR) is 100 cm³/mol. The number of fused-ring (bicyclic) bond motifs is 1. The number of likely N-dealkylation sites (N-methyl/N-ethyl adjacent to an activating group) is 1. The summed E-state index contributed by atoms with van der Waals surface area (Å²) in [5.41, 5.74) is 2.44. The minimum atomic E-state index is -0.302. The highest BCUT2D eigenvalue weighted by Gasteiger charge is 2.29. The average Bonchev–Trinajstić information content (AvgIpc) is 3.40. The highest BCUT2D eigenvalue weighted by Crippen LogP contribution is 2.20. The van der Waals surface area contributed by atoms with Crippen LogP contribution in [-0.2, 0) is 13.0 Å². The maximum atomic E-state index is 12.5. The van der Waals surface area contributed by atoms with Crippen molar-refractivity contribution in [1.29, 1.82) is 0 Å². The van der Waals surface area contributed by atoms with Gasteiger partial charge in [-0.1, -0.05) is 5.16 Å². The number of aryl methyl sites for hydroxylation is 2. The van der Waals surface area contributed by atoms with E-state index in [1.54, 1.807) is 30.1 Å². The number of nitrogens with zero attached hydrogens (tertiary/aromatic N) is 3. The molecule has 28 heavy (non-hydrogen) atoms. The maximum absolute atomic E-state index is 12.5. The van der Waals surface area contributed by atoms with Crippen LogP contribution in [0.3, 0.4) is 0 Å². The van der Waals surface area contributed by atoms with E-state index in [9.17, 15) is 9.59 Å². The minimum absolute atomic E-state index is 0.0461. The van der Waals surface area contributed by atoms with Gasteiger partial charge in [0.1, 0.15) is 17.2 Å². The van der Waals surface area contributed by atoms with Gasteiger partial charge in [0.25, 0.3) is 11.8 Å². The molecular formula is C20H22N4O4. The minimum Gasteiger partial charge on any atom is -0.456 e. The van der Waals surface area contributed by atoms with Gasteiger partial charge in [0.2, 0.25) is 0 Å². The maximum Gasteiger partial charge on any atom is 0.287 e. The molecule has 0 radical (unpaired) electrons. The molecule has 0 spiro atoms. The molecule has 0 saturated carbocycles. The van der Waals surface area contributed by atoms with E-state index in [1.165, 1.54) is 0 Å². The fraction of sp³-hybridized carbons (Fsp3) is 0.350. The Bertz CT molecular complexity index is 1010. The number of hydrogen-bond acceptors (Lipinski definition) is 5. The van der Waals surface area contributed by atoms with E-state index in [1.807, 2.05) is 30.7 Å². The van der Waals surface area contributed by atoms with Gasteiger partial charge < -0.3 is 23.7 Å². The Labute approximate surface area is 162 Å². The number of carbonyl (C=O) groups excluding carboxylic acids is 2. The van der Waals surface area contributed by atoms with Gasteiger partial charge in [-0.05, 0) is 38.1 Å². The number of hydrogen-bond donors (Lipinski definition) is 1. The third-order valence-electron chi connectivity index (χ3n) is 5.24. The first-order valence-electron chi connectivity index (χ1n) is 9.15. The van der Waals surface area contributed by atoms with Crippen molar-refractivity contribution >= 4 is 11.8 Å². The van der Waals surface area contributed by atoms with Crippen molar-refractivity contribution in [2.45, 2.75) is 32.9 Å². The number of furan rings is 1. The van der Waals surface area contributed by atoms with Crippen molar-refractivity contribution in [3.8, 4) is 0 Å². The monoisotopic (exact) mass is 382 g/mol. The van der Waals surface area contributed by atoms with E-state index in [-0.39, 0.29) is 23.6 Å². The summed E-state index contributed by atoms with van der Waals surface area (Å²) in [5, 5.41) is 6.80. The smallest absolute Gasteiger partial charge is 0.287 e. The van der Waals surface area contributed by atoms with Crippen LogP contribution >= 0.6 is 0 Å². The summed E-state index contributed by atoms with van der Waals surface area (Å²) in [7, 11) is 1.75.